The van der Waals surface area contributed by atoms with Crippen molar-refractivity contribution in [3.05, 3.63) is 47.5 Å². The molecule has 3 aromatic rings. The molecule has 0 N–H and O–H groups in total. The van der Waals surface area contributed by atoms with Crippen molar-refractivity contribution in [3.8, 4) is 16.3 Å². The Morgan fingerprint density at radius 2 is 1.83 bits per heavy atom. The zero-order chi connectivity index (χ0) is 16.9. The van der Waals surface area contributed by atoms with Gasteiger partial charge in [0.25, 0.3) is 0 Å². The van der Waals surface area contributed by atoms with Gasteiger partial charge in [-0.05, 0) is 43.4 Å². The van der Waals surface area contributed by atoms with Crippen LogP contribution in [0.2, 0.25) is 5.02 Å². The lowest BCUT2D eigenvalue weighted by Gasteiger charge is -2.17. The van der Waals surface area contributed by atoms with Gasteiger partial charge in [0, 0.05) is 17.1 Å². The third kappa shape index (κ3) is 4.07. The van der Waals surface area contributed by atoms with Gasteiger partial charge < -0.3 is 9.64 Å². The minimum Gasteiger partial charge on any atom is -0.492 e. The van der Waals surface area contributed by atoms with Crippen molar-refractivity contribution in [3.63, 3.8) is 0 Å². The molecule has 0 bridgehead atoms. The number of hydrogen-bond donors (Lipinski definition) is 0. The van der Waals surface area contributed by atoms with Gasteiger partial charge in [-0.15, -0.1) is 11.3 Å². The lowest BCUT2D eigenvalue weighted by Crippen LogP contribution is -2.27. The molecular weight excluding hydrogens is 340 g/mol. The molecule has 2 aromatic carbocycles. The minimum atomic E-state index is 0.704. The van der Waals surface area contributed by atoms with Gasteiger partial charge >= 0.3 is 0 Å². The fraction of sp³-hybridized carbons (Fsp3) is 0.316. The number of aromatic nitrogens is 1. The van der Waals surface area contributed by atoms with Crippen LogP contribution in [0.1, 0.15) is 13.8 Å². The normalized spacial score (nSPS) is 11.3. The Hall–Kier alpha value is -1.62. The van der Waals surface area contributed by atoms with Crippen molar-refractivity contribution in [2.24, 2.45) is 0 Å². The highest BCUT2D eigenvalue weighted by atomic mass is 35.5. The number of benzene rings is 2. The van der Waals surface area contributed by atoms with E-state index in [0.29, 0.717) is 6.61 Å². The first-order chi connectivity index (χ1) is 11.7. The second kappa shape index (κ2) is 7.97. The SMILES string of the molecule is CCN(CC)CCOc1ccc2nc(-c3ccc(Cl)cc3)sc2c1. The van der Waals surface area contributed by atoms with E-state index in [1.807, 2.05) is 36.4 Å². The number of halogens is 1. The Morgan fingerprint density at radius 3 is 2.54 bits per heavy atom. The molecule has 0 fully saturated rings. The van der Waals surface area contributed by atoms with Crippen LogP contribution >= 0.6 is 22.9 Å². The van der Waals surface area contributed by atoms with E-state index in [2.05, 4.69) is 24.8 Å². The minimum absolute atomic E-state index is 0.704. The average molecular weight is 361 g/mol. The molecule has 0 spiro atoms. The lowest BCUT2D eigenvalue weighted by molar-refractivity contribution is 0.223. The van der Waals surface area contributed by atoms with E-state index >= 15 is 0 Å². The molecule has 0 aliphatic carbocycles. The maximum Gasteiger partial charge on any atom is 0.124 e. The molecule has 0 aliphatic heterocycles. The highest BCUT2D eigenvalue weighted by Gasteiger charge is 2.08. The molecule has 1 heterocycles. The van der Waals surface area contributed by atoms with Gasteiger partial charge in [0.05, 0.1) is 10.2 Å². The largest absolute Gasteiger partial charge is 0.492 e. The topological polar surface area (TPSA) is 25.4 Å². The van der Waals surface area contributed by atoms with Gasteiger partial charge in [-0.25, -0.2) is 4.98 Å². The van der Waals surface area contributed by atoms with Crippen LogP contribution in [0.15, 0.2) is 42.5 Å². The third-order valence-corrected chi connectivity index (χ3v) is 5.34. The van der Waals surface area contributed by atoms with Gasteiger partial charge in [0.1, 0.15) is 17.4 Å². The summed E-state index contributed by atoms with van der Waals surface area (Å²) < 4.78 is 7.04. The molecule has 3 nitrogen and oxygen atoms in total. The van der Waals surface area contributed by atoms with E-state index in [0.717, 1.165) is 51.2 Å². The molecule has 0 amide bonds. The fourth-order valence-corrected chi connectivity index (χ4v) is 3.67. The van der Waals surface area contributed by atoms with Gasteiger partial charge in [-0.2, -0.15) is 0 Å². The number of hydrogen-bond acceptors (Lipinski definition) is 4. The number of ether oxygens (including phenoxy) is 1. The summed E-state index contributed by atoms with van der Waals surface area (Å²) in [6.45, 7) is 8.10. The third-order valence-electron chi connectivity index (χ3n) is 4.02. The quantitative estimate of drug-likeness (QED) is 0.568. The van der Waals surface area contributed by atoms with E-state index in [1.165, 1.54) is 0 Å². The zero-order valence-corrected chi connectivity index (χ0v) is 15.5. The zero-order valence-electron chi connectivity index (χ0n) is 14.0. The highest BCUT2D eigenvalue weighted by molar-refractivity contribution is 7.21. The van der Waals surface area contributed by atoms with Gasteiger partial charge in [0.2, 0.25) is 0 Å². The van der Waals surface area contributed by atoms with Crippen LogP contribution in [0.4, 0.5) is 0 Å². The Kier molecular flexibility index (Phi) is 5.72. The summed E-state index contributed by atoms with van der Waals surface area (Å²) in [7, 11) is 0. The number of fused-ring (bicyclic) bond motifs is 1. The number of likely N-dealkylation sites (N-methyl/N-ethyl adjacent to an activating group) is 1. The summed E-state index contributed by atoms with van der Waals surface area (Å²) in [6.07, 6.45) is 0. The molecule has 0 saturated carbocycles. The van der Waals surface area contributed by atoms with Crippen molar-refractivity contribution in [1.82, 2.24) is 9.88 Å². The summed E-state index contributed by atoms with van der Waals surface area (Å²) in [5.74, 6) is 0.904. The van der Waals surface area contributed by atoms with Crippen molar-refractivity contribution >= 4 is 33.2 Å². The summed E-state index contributed by atoms with van der Waals surface area (Å²) in [4.78, 5) is 7.05. The van der Waals surface area contributed by atoms with Crippen LogP contribution in [-0.2, 0) is 0 Å². The Bertz CT molecular complexity index is 797. The first kappa shape index (κ1) is 17.2. The summed E-state index contributed by atoms with van der Waals surface area (Å²) in [5, 5.41) is 1.74. The Balaban J connectivity index is 1.73. The van der Waals surface area contributed by atoms with E-state index < -0.39 is 0 Å². The molecule has 0 aliphatic rings. The first-order valence-electron chi connectivity index (χ1n) is 8.21. The first-order valence-corrected chi connectivity index (χ1v) is 9.40. The second-order valence-electron chi connectivity index (χ2n) is 5.53. The van der Waals surface area contributed by atoms with Gasteiger partial charge in [-0.3, -0.25) is 0 Å². The van der Waals surface area contributed by atoms with Crippen molar-refractivity contribution in [2.45, 2.75) is 13.8 Å². The van der Waals surface area contributed by atoms with Gasteiger partial charge in [0.15, 0.2) is 0 Å². The maximum absolute atomic E-state index is 5.95. The van der Waals surface area contributed by atoms with E-state index in [4.69, 9.17) is 21.3 Å². The van der Waals surface area contributed by atoms with Crippen LogP contribution in [0.5, 0.6) is 5.75 Å². The molecule has 126 valence electrons. The molecule has 0 radical (unpaired) electrons. The fourth-order valence-electron chi connectivity index (χ4n) is 2.54. The van der Waals surface area contributed by atoms with Crippen LogP contribution < -0.4 is 4.74 Å². The predicted molar refractivity (Wildman–Crippen MR) is 103 cm³/mol. The maximum atomic E-state index is 5.95. The smallest absolute Gasteiger partial charge is 0.124 e. The molecule has 3 rings (SSSR count). The molecule has 0 unspecified atom stereocenters. The van der Waals surface area contributed by atoms with E-state index in [-0.39, 0.29) is 0 Å². The highest BCUT2D eigenvalue weighted by Crippen LogP contribution is 2.32. The number of thiazole rings is 1. The Labute approximate surface area is 151 Å². The molecule has 24 heavy (non-hydrogen) atoms. The van der Waals surface area contributed by atoms with E-state index in [9.17, 15) is 0 Å². The standard InChI is InChI=1S/C19H21ClN2OS/c1-3-22(4-2)11-12-23-16-9-10-17-18(13-16)24-19(21-17)14-5-7-15(20)8-6-14/h5-10,13H,3-4,11-12H2,1-2H3. The van der Waals surface area contributed by atoms with Crippen LogP contribution in [0.25, 0.3) is 20.8 Å². The van der Waals surface area contributed by atoms with Crippen LogP contribution in [-0.4, -0.2) is 36.1 Å². The molecule has 5 heteroatoms. The number of nitrogens with zero attached hydrogens (tertiary/aromatic N) is 2. The molecule has 0 saturated heterocycles. The summed E-state index contributed by atoms with van der Waals surface area (Å²) >= 11 is 7.63. The number of rotatable bonds is 7. The van der Waals surface area contributed by atoms with Crippen molar-refractivity contribution in [1.29, 1.82) is 0 Å². The van der Waals surface area contributed by atoms with Crippen molar-refractivity contribution < 1.29 is 4.74 Å². The summed E-state index contributed by atoms with van der Waals surface area (Å²) in [6, 6.07) is 13.9. The predicted octanol–water partition coefficient (Wildman–Crippen LogP) is 5.34. The van der Waals surface area contributed by atoms with E-state index in [1.54, 1.807) is 11.3 Å². The molecule has 1 aromatic heterocycles. The molecule has 0 atom stereocenters. The van der Waals surface area contributed by atoms with Crippen molar-refractivity contribution in [2.75, 3.05) is 26.2 Å². The summed E-state index contributed by atoms with van der Waals surface area (Å²) in [5.41, 5.74) is 2.09. The monoisotopic (exact) mass is 360 g/mol. The molecular formula is C19H21ClN2OS. The van der Waals surface area contributed by atoms with Crippen LogP contribution in [0.3, 0.4) is 0 Å². The average Bonchev–Trinajstić information content (AvgIpc) is 3.02. The second-order valence-corrected chi connectivity index (χ2v) is 7.00. The van der Waals surface area contributed by atoms with Crippen LogP contribution in [0, 0.1) is 0 Å². The van der Waals surface area contributed by atoms with Gasteiger partial charge in [-0.1, -0.05) is 37.6 Å². The lowest BCUT2D eigenvalue weighted by atomic mass is 10.2. The Morgan fingerprint density at radius 1 is 1.08 bits per heavy atom.